The van der Waals surface area contributed by atoms with Crippen LogP contribution in [0.15, 0.2) is 12.4 Å². The summed E-state index contributed by atoms with van der Waals surface area (Å²) in [5, 5.41) is 7.68. The second kappa shape index (κ2) is 5.16. The fourth-order valence-corrected chi connectivity index (χ4v) is 2.22. The second-order valence-electron chi connectivity index (χ2n) is 5.91. The highest BCUT2D eigenvalue weighted by atomic mass is 16.6. The van der Waals surface area contributed by atoms with Gasteiger partial charge in [-0.25, -0.2) is 4.79 Å². The van der Waals surface area contributed by atoms with E-state index in [0.29, 0.717) is 13.1 Å². The number of carbonyl (C=O) groups excluding carboxylic acids is 1. The molecule has 1 aromatic rings. The lowest BCUT2D eigenvalue weighted by Gasteiger charge is -2.28. The molecule has 0 spiro atoms. The second-order valence-corrected chi connectivity index (χ2v) is 5.91. The van der Waals surface area contributed by atoms with Crippen LogP contribution in [0.3, 0.4) is 0 Å². The van der Waals surface area contributed by atoms with Gasteiger partial charge in [-0.1, -0.05) is 5.21 Å². The Bertz CT molecular complexity index is 426. The predicted molar refractivity (Wildman–Crippen MR) is 69.3 cm³/mol. The maximum absolute atomic E-state index is 12.1. The molecule has 0 bridgehead atoms. The van der Waals surface area contributed by atoms with E-state index < -0.39 is 5.60 Å². The zero-order valence-electron chi connectivity index (χ0n) is 11.6. The third kappa shape index (κ3) is 3.66. The van der Waals surface area contributed by atoms with Crippen molar-refractivity contribution in [1.29, 1.82) is 0 Å². The number of aromatic nitrogens is 3. The fourth-order valence-electron chi connectivity index (χ4n) is 2.22. The molecule has 7 nitrogen and oxygen atoms in total. The molecule has 1 fully saturated rings. The first-order chi connectivity index (χ1) is 8.85. The summed E-state index contributed by atoms with van der Waals surface area (Å²) in [6.07, 6.45) is 3.83. The summed E-state index contributed by atoms with van der Waals surface area (Å²) in [5.41, 5.74) is 5.45. The number of nitrogens with two attached hydrogens (primary N) is 1. The van der Waals surface area contributed by atoms with Crippen molar-refractivity contribution in [2.24, 2.45) is 5.73 Å². The average Bonchev–Trinajstić information content (AvgIpc) is 2.86. The van der Waals surface area contributed by atoms with Crippen molar-refractivity contribution >= 4 is 6.09 Å². The van der Waals surface area contributed by atoms with Crippen LogP contribution in [0.5, 0.6) is 0 Å². The minimum Gasteiger partial charge on any atom is -0.444 e. The Morgan fingerprint density at radius 3 is 2.84 bits per heavy atom. The first-order valence-electron chi connectivity index (χ1n) is 6.44. The van der Waals surface area contributed by atoms with Crippen LogP contribution in [0.2, 0.25) is 0 Å². The van der Waals surface area contributed by atoms with Gasteiger partial charge in [0.1, 0.15) is 5.60 Å². The van der Waals surface area contributed by atoms with Gasteiger partial charge in [0.05, 0.1) is 18.8 Å². The predicted octanol–water partition coefficient (Wildman–Crippen LogP) is 0.615. The lowest BCUT2D eigenvalue weighted by Crippen LogP contribution is -2.42. The highest BCUT2D eigenvalue weighted by Gasteiger charge is 2.36. The van der Waals surface area contributed by atoms with Crippen LogP contribution >= 0.6 is 0 Å². The first-order valence-corrected chi connectivity index (χ1v) is 6.44. The van der Waals surface area contributed by atoms with Crippen molar-refractivity contribution in [3.05, 3.63) is 12.4 Å². The number of nitrogens with zero attached hydrogens (tertiary/aromatic N) is 4. The van der Waals surface area contributed by atoms with Gasteiger partial charge in [-0.2, -0.15) is 0 Å². The standard InChI is InChI=1S/C12H21N5O2/c1-12(2,3)19-11(18)17-7-9(13)6-10(17)8-16-5-4-14-15-16/h4-5,9-10H,6-8,13H2,1-3H3. The van der Waals surface area contributed by atoms with Crippen molar-refractivity contribution in [2.75, 3.05) is 6.54 Å². The van der Waals surface area contributed by atoms with E-state index in [4.69, 9.17) is 10.5 Å². The van der Waals surface area contributed by atoms with Gasteiger partial charge in [0, 0.05) is 18.8 Å². The number of hydrogen-bond donors (Lipinski definition) is 1. The summed E-state index contributed by atoms with van der Waals surface area (Å²) < 4.78 is 7.11. The molecule has 1 aliphatic rings. The molecule has 2 rings (SSSR count). The maximum atomic E-state index is 12.1. The van der Waals surface area contributed by atoms with Gasteiger partial charge < -0.3 is 15.4 Å². The van der Waals surface area contributed by atoms with Gasteiger partial charge in [0.15, 0.2) is 0 Å². The summed E-state index contributed by atoms with van der Waals surface area (Å²) in [6, 6.07) is -0.00686. The number of carbonyl (C=O) groups is 1. The van der Waals surface area contributed by atoms with E-state index in [1.165, 1.54) is 0 Å². The molecule has 2 atom stereocenters. The van der Waals surface area contributed by atoms with Gasteiger partial charge in [0.2, 0.25) is 0 Å². The quantitative estimate of drug-likeness (QED) is 0.848. The van der Waals surface area contributed by atoms with Crippen molar-refractivity contribution in [1.82, 2.24) is 19.9 Å². The molecule has 2 unspecified atom stereocenters. The van der Waals surface area contributed by atoms with Crippen molar-refractivity contribution in [2.45, 2.75) is 51.4 Å². The van der Waals surface area contributed by atoms with Crippen LogP contribution in [0.4, 0.5) is 4.79 Å². The normalized spacial score (nSPS) is 23.7. The first kappa shape index (κ1) is 13.8. The van der Waals surface area contributed by atoms with E-state index in [1.807, 2.05) is 20.8 Å². The van der Waals surface area contributed by atoms with Gasteiger partial charge in [0.25, 0.3) is 0 Å². The van der Waals surface area contributed by atoms with E-state index in [9.17, 15) is 4.79 Å². The summed E-state index contributed by atoms with van der Waals surface area (Å²) in [4.78, 5) is 13.8. The molecule has 19 heavy (non-hydrogen) atoms. The monoisotopic (exact) mass is 267 g/mol. The molecular formula is C12H21N5O2. The van der Waals surface area contributed by atoms with Crippen LogP contribution < -0.4 is 5.73 Å². The number of rotatable bonds is 2. The molecule has 0 radical (unpaired) electrons. The van der Waals surface area contributed by atoms with Crippen LogP contribution in [0.25, 0.3) is 0 Å². The molecule has 0 aromatic carbocycles. The Kier molecular flexibility index (Phi) is 3.75. The van der Waals surface area contributed by atoms with E-state index >= 15 is 0 Å². The van der Waals surface area contributed by atoms with Gasteiger partial charge in [-0.3, -0.25) is 4.68 Å². The molecule has 1 aliphatic heterocycles. The van der Waals surface area contributed by atoms with Gasteiger partial charge in [-0.15, -0.1) is 5.10 Å². The highest BCUT2D eigenvalue weighted by Crippen LogP contribution is 2.21. The average molecular weight is 267 g/mol. The van der Waals surface area contributed by atoms with Crippen LogP contribution in [-0.4, -0.2) is 50.2 Å². The molecule has 0 saturated carbocycles. The number of hydrogen-bond acceptors (Lipinski definition) is 5. The molecule has 2 N–H and O–H groups in total. The molecule has 2 heterocycles. The summed E-state index contributed by atoms with van der Waals surface area (Å²) in [6.45, 7) is 6.68. The lowest BCUT2D eigenvalue weighted by molar-refractivity contribution is 0.0209. The third-order valence-corrected chi connectivity index (χ3v) is 2.94. The van der Waals surface area contributed by atoms with Crippen LogP contribution in [0.1, 0.15) is 27.2 Å². The third-order valence-electron chi connectivity index (χ3n) is 2.94. The molecular weight excluding hydrogens is 246 g/mol. The Morgan fingerprint density at radius 1 is 1.53 bits per heavy atom. The summed E-state index contributed by atoms with van der Waals surface area (Å²) >= 11 is 0. The fraction of sp³-hybridized carbons (Fsp3) is 0.750. The van der Waals surface area contributed by atoms with E-state index in [1.54, 1.807) is 22.0 Å². The summed E-state index contributed by atoms with van der Waals surface area (Å²) in [7, 11) is 0. The molecule has 1 amide bonds. The van der Waals surface area contributed by atoms with E-state index in [-0.39, 0.29) is 18.2 Å². The Labute approximate surface area is 112 Å². The van der Waals surface area contributed by atoms with Crippen LogP contribution in [-0.2, 0) is 11.3 Å². The van der Waals surface area contributed by atoms with E-state index in [2.05, 4.69) is 10.3 Å². The Hall–Kier alpha value is -1.63. The minimum absolute atomic E-state index is 0.00606. The zero-order chi connectivity index (χ0) is 14.0. The van der Waals surface area contributed by atoms with Crippen molar-refractivity contribution in [3.63, 3.8) is 0 Å². The highest BCUT2D eigenvalue weighted by molar-refractivity contribution is 5.69. The molecule has 106 valence electrons. The Balaban J connectivity index is 2.03. The summed E-state index contributed by atoms with van der Waals surface area (Å²) in [5.74, 6) is 0. The van der Waals surface area contributed by atoms with Gasteiger partial charge >= 0.3 is 6.09 Å². The number of ether oxygens (including phenoxy) is 1. The number of amides is 1. The van der Waals surface area contributed by atoms with Crippen molar-refractivity contribution < 1.29 is 9.53 Å². The zero-order valence-corrected chi connectivity index (χ0v) is 11.6. The molecule has 0 aliphatic carbocycles. The van der Waals surface area contributed by atoms with Crippen LogP contribution in [0, 0.1) is 0 Å². The molecule has 1 aromatic heterocycles. The lowest BCUT2D eigenvalue weighted by atomic mass is 10.2. The molecule has 7 heteroatoms. The number of likely N-dealkylation sites (tertiary alicyclic amines) is 1. The topological polar surface area (TPSA) is 86.3 Å². The smallest absolute Gasteiger partial charge is 0.410 e. The van der Waals surface area contributed by atoms with E-state index in [0.717, 1.165) is 6.42 Å². The minimum atomic E-state index is -0.498. The largest absolute Gasteiger partial charge is 0.444 e. The maximum Gasteiger partial charge on any atom is 0.410 e. The Morgan fingerprint density at radius 2 is 2.26 bits per heavy atom. The van der Waals surface area contributed by atoms with Gasteiger partial charge in [-0.05, 0) is 27.2 Å². The molecule has 1 saturated heterocycles. The van der Waals surface area contributed by atoms with Crippen molar-refractivity contribution in [3.8, 4) is 0 Å². The SMILES string of the molecule is CC(C)(C)OC(=O)N1CC(N)CC1Cn1ccnn1.